The van der Waals surface area contributed by atoms with Crippen LogP contribution in [-0.4, -0.2) is 25.5 Å². The van der Waals surface area contributed by atoms with Gasteiger partial charge in [0.1, 0.15) is 0 Å². The second-order valence-electron chi connectivity index (χ2n) is 6.94. The molecule has 29 heavy (non-hydrogen) atoms. The van der Waals surface area contributed by atoms with Gasteiger partial charge < -0.3 is 5.32 Å². The van der Waals surface area contributed by atoms with Crippen molar-refractivity contribution in [1.82, 2.24) is 19.6 Å². The van der Waals surface area contributed by atoms with E-state index in [1.165, 1.54) is 0 Å². The number of halogens is 1. The predicted octanol–water partition coefficient (Wildman–Crippen LogP) is 5.09. The Kier molecular flexibility index (Phi) is 5.18. The number of hydrogen-bond acceptors (Lipinski definition) is 3. The van der Waals surface area contributed by atoms with Crippen LogP contribution in [-0.2, 0) is 0 Å². The Balaban J connectivity index is 1.65. The molecule has 4 rings (SSSR count). The summed E-state index contributed by atoms with van der Waals surface area (Å²) in [4.78, 5) is 13.0. The number of carbonyl (C=O) groups is 1. The zero-order valence-corrected chi connectivity index (χ0v) is 16.8. The van der Waals surface area contributed by atoms with E-state index in [9.17, 15) is 4.79 Å². The molecule has 0 fully saturated rings. The van der Waals surface area contributed by atoms with Crippen LogP contribution in [0, 0.1) is 0 Å². The number of nitrogens with zero attached hydrogens (tertiary/aromatic N) is 4. The van der Waals surface area contributed by atoms with Gasteiger partial charge in [-0.15, -0.1) is 0 Å². The molecule has 146 valence electrons. The van der Waals surface area contributed by atoms with Crippen LogP contribution in [0.3, 0.4) is 0 Å². The Labute approximate surface area is 173 Å². The van der Waals surface area contributed by atoms with Crippen LogP contribution >= 0.6 is 11.6 Å². The molecule has 1 amide bonds. The third-order valence-corrected chi connectivity index (χ3v) is 4.76. The quantitative estimate of drug-likeness (QED) is 0.503. The zero-order valence-electron chi connectivity index (χ0n) is 16.1. The molecule has 7 heteroatoms. The summed E-state index contributed by atoms with van der Waals surface area (Å²) < 4.78 is 3.51. The summed E-state index contributed by atoms with van der Waals surface area (Å²) in [5.74, 6) is -0.118. The highest BCUT2D eigenvalue weighted by Gasteiger charge is 2.21. The second-order valence-corrected chi connectivity index (χ2v) is 7.38. The lowest BCUT2D eigenvalue weighted by Gasteiger charge is -2.13. The van der Waals surface area contributed by atoms with Gasteiger partial charge in [-0.05, 0) is 48.4 Å². The van der Waals surface area contributed by atoms with E-state index in [1.807, 2.05) is 74.6 Å². The minimum absolute atomic E-state index is 0.0904. The van der Waals surface area contributed by atoms with E-state index in [2.05, 4.69) is 15.5 Å². The molecule has 1 N–H and O–H groups in total. The first-order valence-electron chi connectivity index (χ1n) is 9.28. The number of rotatable bonds is 5. The number of anilines is 1. The summed E-state index contributed by atoms with van der Waals surface area (Å²) in [5.41, 5.74) is 3.73. The van der Waals surface area contributed by atoms with Gasteiger partial charge in [-0.25, -0.2) is 9.36 Å². The standard InChI is InChI=1S/C22H20ClN5O/c1-15(2)21-20(14-25-28(21)19-9-3-6-16(23)12-19)22(29)26-17-7-4-8-18(13-17)27-11-5-10-24-27/h3-15H,1-2H3,(H,26,29). The number of benzene rings is 2. The van der Waals surface area contributed by atoms with Gasteiger partial charge in [0, 0.05) is 23.1 Å². The lowest BCUT2D eigenvalue weighted by Crippen LogP contribution is -2.15. The number of amides is 1. The normalized spacial score (nSPS) is 11.0. The topological polar surface area (TPSA) is 64.7 Å². The van der Waals surface area contributed by atoms with Crippen LogP contribution in [0.2, 0.25) is 5.02 Å². The average Bonchev–Trinajstić information content (AvgIpc) is 3.38. The first-order valence-corrected chi connectivity index (χ1v) is 9.66. The molecule has 6 nitrogen and oxygen atoms in total. The Hall–Kier alpha value is -3.38. The Bertz CT molecular complexity index is 1150. The Morgan fingerprint density at radius 3 is 2.55 bits per heavy atom. The molecule has 4 aromatic rings. The van der Waals surface area contributed by atoms with E-state index in [0.717, 1.165) is 17.1 Å². The van der Waals surface area contributed by atoms with Gasteiger partial charge in [0.25, 0.3) is 5.91 Å². The van der Waals surface area contributed by atoms with Crippen molar-refractivity contribution in [2.45, 2.75) is 19.8 Å². The lowest BCUT2D eigenvalue weighted by atomic mass is 10.0. The molecule has 0 saturated heterocycles. The van der Waals surface area contributed by atoms with Crippen LogP contribution in [0.1, 0.15) is 35.8 Å². The van der Waals surface area contributed by atoms with Gasteiger partial charge in [0.05, 0.1) is 28.8 Å². The van der Waals surface area contributed by atoms with Crippen molar-refractivity contribution in [1.29, 1.82) is 0 Å². The first kappa shape index (κ1) is 19.0. The second kappa shape index (κ2) is 7.93. The van der Waals surface area contributed by atoms with Gasteiger partial charge in [0.15, 0.2) is 0 Å². The molecule has 2 heterocycles. The molecule has 0 aliphatic heterocycles. The maximum atomic E-state index is 13.0. The van der Waals surface area contributed by atoms with E-state index >= 15 is 0 Å². The number of aromatic nitrogens is 4. The number of hydrogen-bond donors (Lipinski definition) is 1. The van der Waals surface area contributed by atoms with Gasteiger partial charge in [-0.3, -0.25) is 4.79 Å². The smallest absolute Gasteiger partial charge is 0.259 e. The van der Waals surface area contributed by atoms with Crippen molar-refractivity contribution >= 4 is 23.2 Å². The molecule has 2 aromatic heterocycles. The Morgan fingerprint density at radius 2 is 1.83 bits per heavy atom. The maximum Gasteiger partial charge on any atom is 0.259 e. The molecular formula is C22H20ClN5O. The fourth-order valence-corrected chi connectivity index (χ4v) is 3.43. The summed E-state index contributed by atoms with van der Waals surface area (Å²) in [5, 5.41) is 12.3. The number of nitrogens with one attached hydrogen (secondary N) is 1. The molecule has 0 bridgehead atoms. The molecular weight excluding hydrogens is 386 g/mol. The minimum atomic E-state index is -0.209. The van der Waals surface area contributed by atoms with E-state index in [0.29, 0.717) is 16.3 Å². The Morgan fingerprint density at radius 1 is 1.03 bits per heavy atom. The van der Waals surface area contributed by atoms with E-state index in [4.69, 9.17) is 11.6 Å². The predicted molar refractivity (Wildman–Crippen MR) is 114 cm³/mol. The molecule has 0 aliphatic carbocycles. The van der Waals surface area contributed by atoms with Gasteiger partial charge >= 0.3 is 0 Å². The highest BCUT2D eigenvalue weighted by atomic mass is 35.5. The van der Waals surface area contributed by atoms with Crippen LogP contribution in [0.15, 0.2) is 73.2 Å². The average molecular weight is 406 g/mol. The number of carbonyl (C=O) groups excluding carboxylic acids is 1. The van der Waals surface area contributed by atoms with Crippen LogP contribution in [0.4, 0.5) is 5.69 Å². The fourth-order valence-electron chi connectivity index (χ4n) is 3.25. The summed E-state index contributed by atoms with van der Waals surface area (Å²) >= 11 is 6.13. The minimum Gasteiger partial charge on any atom is -0.322 e. The molecule has 0 unspecified atom stereocenters. The third-order valence-electron chi connectivity index (χ3n) is 4.52. The zero-order chi connectivity index (χ0) is 20.4. The molecule has 0 atom stereocenters. The van der Waals surface area contributed by atoms with Crippen molar-refractivity contribution < 1.29 is 4.79 Å². The summed E-state index contributed by atoms with van der Waals surface area (Å²) in [7, 11) is 0. The molecule has 0 spiro atoms. The monoisotopic (exact) mass is 405 g/mol. The van der Waals surface area contributed by atoms with Crippen molar-refractivity contribution in [3.8, 4) is 11.4 Å². The van der Waals surface area contributed by atoms with Crippen LogP contribution < -0.4 is 5.32 Å². The molecule has 0 aliphatic rings. The van der Waals surface area contributed by atoms with Crippen molar-refractivity contribution in [3.63, 3.8) is 0 Å². The molecule has 0 radical (unpaired) electrons. The van der Waals surface area contributed by atoms with Crippen molar-refractivity contribution in [3.05, 3.63) is 89.5 Å². The van der Waals surface area contributed by atoms with Crippen molar-refractivity contribution in [2.24, 2.45) is 0 Å². The summed E-state index contributed by atoms with van der Waals surface area (Å²) in [6.07, 6.45) is 5.17. The first-order chi connectivity index (χ1) is 14.0. The highest BCUT2D eigenvalue weighted by Crippen LogP contribution is 2.25. The highest BCUT2D eigenvalue weighted by molar-refractivity contribution is 6.30. The van der Waals surface area contributed by atoms with Gasteiger partial charge in [0.2, 0.25) is 0 Å². The lowest BCUT2D eigenvalue weighted by molar-refractivity contribution is 0.102. The molecule has 2 aromatic carbocycles. The van der Waals surface area contributed by atoms with Crippen LogP contribution in [0.5, 0.6) is 0 Å². The third kappa shape index (κ3) is 3.93. The largest absolute Gasteiger partial charge is 0.322 e. The van der Waals surface area contributed by atoms with E-state index in [1.54, 1.807) is 21.8 Å². The maximum absolute atomic E-state index is 13.0. The molecule has 0 saturated carbocycles. The van der Waals surface area contributed by atoms with Gasteiger partial charge in [-0.1, -0.05) is 37.6 Å². The van der Waals surface area contributed by atoms with Crippen LogP contribution in [0.25, 0.3) is 11.4 Å². The van der Waals surface area contributed by atoms with E-state index < -0.39 is 0 Å². The summed E-state index contributed by atoms with van der Waals surface area (Å²) in [6.45, 7) is 4.07. The SMILES string of the molecule is CC(C)c1c(C(=O)Nc2cccc(-n3cccn3)c2)cnn1-c1cccc(Cl)c1. The fraction of sp³-hybridized carbons (Fsp3) is 0.136. The van der Waals surface area contributed by atoms with E-state index in [-0.39, 0.29) is 11.8 Å². The van der Waals surface area contributed by atoms with Gasteiger partial charge in [-0.2, -0.15) is 10.2 Å². The van der Waals surface area contributed by atoms with Crippen molar-refractivity contribution in [2.75, 3.05) is 5.32 Å². The summed E-state index contributed by atoms with van der Waals surface area (Å²) in [6, 6.07) is 16.8.